The average Bonchev–Trinajstić information content (AvgIpc) is 2.62. The Morgan fingerprint density at radius 3 is 2.35 bits per heavy atom. The number of nitrogens with one attached hydrogen (secondary N) is 1. The zero-order chi connectivity index (χ0) is 12.7. The van der Waals surface area contributed by atoms with Gasteiger partial charge in [0.1, 0.15) is 11.5 Å². The highest BCUT2D eigenvalue weighted by Gasteiger charge is 2.15. The Labute approximate surface area is 97.3 Å². The lowest BCUT2D eigenvalue weighted by Crippen LogP contribution is -2.37. The standard InChI is InChI=1S/C10H15N5O2/c1-11-5-6-12-7-8(13(6)2)14(3)10(17)15(4)9(7)16/h11H,5H2,1-4H3. The minimum Gasteiger partial charge on any atom is -0.316 e. The molecule has 0 saturated heterocycles. The van der Waals surface area contributed by atoms with E-state index in [0.717, 1.165) is 10.4 Å². The van der Waals surface area contributed by atoms with Crippen LogP contribution in [0.4, 0.5) is 0 Å². The maximum atomic E-state index is 11.9. The van der Waals surface area contributed by atoms with Crippen molar-refractivity contribution in [1.82, 2.24) is 24.0 Å². The van der Waals surface area contributed by atoms with E-state index in [4.69, 9.17) is 0 Å². The molecule has 0 amide bonds. The molecule has 7 heteroatoms. The highest BCUT2D eigenvalue weighted by Crippen LogP contribution is 2.08. The third kappa shape index (κ3) is 1.50. The lowest BCUT2D eigenvalue weighted by molar-refractivity contribution is 0.682. The van der Waals surface area contributed by atoms with Crippen molar-refractivity contribution in [2.45, 2.75) is 6.54 Å². The van der Waals surface area contributed by atoms with Gasteiger partial charge in [-0.2, -0.15) is 0 Å². The van der Waals surface area contributed by atoms with E-state index in [0.29, 0.717) is 17.7 Å². The van der Waals surface area contributed by atoms with Crippen molar-refractivity contribution in [3.63, 3.8) is 0 Å². The molecule has 0 atom stereocenters. The first kappa shape index (κ1) is 11.6. The van der Waals surface area contributed by atoms with Crippen molar-refractivity contribution in [1.29, 1.82) is 0 Å². The fourth-order valence-corrected chi connectivity index (χ4v) is 1.94. The number of aryl methyl sites for hydroxylation is 2. The lowest BCUT2D eigenvalue weighted by atomic mass is 10.5. The highest BCUT2D eigenvalue weighted by molar-refractivity contribution is 5.70. The van der Waals surface area contributed by atoms with Crippen LogP contribution in [0, 0.1) is 0 Å². The Kier molecular flexibility index (Phi) is 2.62. The van der Waals surface area contributed by atoms with Crippen molar-refractivity contribution < 1.29 is 0 Å². The fourth-order valence-electron chi connectivity index (χ4n) is 1.94. The second-order valence-electron chi connectivity index (χ2n) is 4.00. The van der Waals surface area contributed by atoms with E-state index in [1.165, 1.54) is 11.6 Å². The van der Waals surface area contributed by atoms with Gasteiger partial charge in [-0.1, -0.05) is 0 Å². The van der Waals surface area contributed by atoms with Gasteiger partial charge in [-0.15, -0.1) is 0 Å². The van der Waals surface area contributed by atoms with E-state index < -0.39 is 0 Å². The summed E-state index contributed by atoms with van der Waals surface area (Å²) in [5.41, 5.74) is 0.160. The maximum absolute atomic E-state index is 11.9. The van der Waals surface area contributed by atoms with Gasteiger partial charge in [0.25, 0.3) is 5.56 Å². The summed E-state index contributed by atoms with van der Waals surface area (Å²) in [6, 6.07) is 0. The molecule has 17 heavy (non-hydrogen) atoms. The molecule has 0 fully saturated rings. The maximum Gasteiger partial charge on any atom is 0.332 e. The summed E-state index contributed by atoms with van der Waals surface area (Å²) in [6.45, 7) is 0.544. The van der Waals surface area contributed by atoms with Crippen LogP contribution < -0.4 is 16.6 Å². The Hall–Kier alpha value is -1.89. The van der Waals surface area contributed by atoms with Crippen LogP contribution in [0.15, 0.2) is 9.59 Å². The summed E-state index contributed by atoms with van der Waals surface area (Å²) in [5.74, 6) is 0.723. The zero-order valence-corrected chi connectivity index (χ0v) is 10.3. The topological polar surface area (TPSA) is 73.8 Å². The summed E-state index contributed by atoms with van der Waals surface area (Å²) < 4.78 is 4.26. The summed E-state index contributed by atoms with van der Waals surface area (Å²) in [5, 5.41) is 2.97. The molecular formula is C10H15N5O2. The summed E-state index contributed by atoms with van der Waals surface area (Å²) in [6.07, 6.45) is 0. The average molecular weight is 237 g/mol. The molecule has 0 aromatic carbocycles. The molecule has 0 radical (unpaired) electrons. The molecule has 2 aromatic heterocycles. The second kappa shape index (κ2) is 3.85. The molecule has 2 heterocycles. The van der Waals surface area contributed by atoms with Gasteiger partial charge < -0.3 is 9.88 Å². The number of imidazole rings is 1. The predicted molar refractivity (Wildman–Crippen MR) is 64.0 cm³/mol. The summed E-state index contributed by atoms with van der Waals surface area (Å²) >= 11 is 0. The van der Waals surface area contributed by atoms with E-state index in [9.17, 15) is 9.59 Å². The number of fused-ring (bicyclic) bond motifs is 1. The molecule has 1 N–H and O–H groups in total. The van der Waals surface area contributed by atoms with Crippen LogP contribution in [0.3, 0.4) is 0 Å². The first-order valence-electron chi connectivity index (χ1n) is 5.25. The van der Waals surface area contributed by atoms with E-state index in [1.807, 2.05) is 0 Å². The lowest BCUT2D eigenvalue weighted by Gasteiger charge is -2.05. The van der Waals surface area contributed by atoms with E-state index >= 15 is 0 Å². The third-order valence-corrected chi connectivity index (χ3v) is 2.89. The van der Waals surface area contributed by atoms with Crippen LogP contribution in [0.25, 0.3) is 11.2 Å². The van der Waals surface area contributed by atoms with E-state index in [-0.39, 0.29) is 11.2 Å². The number of aromatic nitrogens is 4. The van der Waals surface area contributed by atoms with Crippen LogP contribution in [-0.4, -0.2) is 25.7 Å². The van der Waals surface area contributed by atoms with Crippen molar-refractivity contribution >= 4 is 11.2 Å². The monoisotopic (exact) mass is 237 g/mol. The fraction of sp³-hybridized carbons (Fsp3) is 0.500. The molecule has 0 saturated carbocycles. The molecule has 0 aliphatic heterocycles. The number of hydrogen-bond donors (Lipinski definition) is 1. The Morgan fingerprint density at radius 2 is 1.76 bits per heavy atom. The molecule has 0 bridgehead atoms. The van der Waals surface area contributed by atoms with Crippen LogP contribution in [-0.2, 0) is 27.7 Å². The van der Waals surface area contributed by atoms with Gasteiger partial charge in [-0.25, -0.2) is 9.78 Å². The number of nitrogens with zero attached hydrogens (tertiary/aromatic N) is 4. The molecule has 7 nitrogen and oxygen atoms in total. The summed E-state index contributed by atoms with van der Waals surface area (Å²) in [4.78, 5) is 28.0. The van der Waals surface area contributed by atoms with Gasteiger partial charge >= 0.3 is 5.69 Å². The van der Waals surface area contributed by atoms with Gasteiger partial charge in [-0.05, 0) is 7.05 Å². The SMILES string of the molecule is CNCc1nc2c(=O)n(C)c(=O)n(C)c2n1C. The van der Waals surface area contributed by atoms with Gasteiger partial charge in [0.2, 0.25) is 0 Å². The Bertz CT molecular complexity index is 691. The van der Waals surface area contributed by atoms with Crippen LogP contribution in [0.1, 0.15) is 5.82 Å². The van der Waals surface area contributed by atoms with Gasteiger partial charge in [-0.3, -0.25) is 13.9 Å². The first-order valence-corrected chi connectivity index (χ1v) is 5.25. The quantitative estimate of drug-likeness (QED) is 0.704. The van der Waals surface area contributed by atoms with Gasteiger partial charge in [0.05, 0.1) is 6.54 Å². The van der Waals surface area contributed by atoms with Crippen LogP contribution in [0.2, 0.25) is 0 Å². The van der Waals surface area contributed by atoms with E-state index in [1.54, 1.807) is 25.7 Å². The zero-order valence-electron chi connectivity index (χ0n) is 10.3. The Balaban J connectivity index is 2.97. The van der Waals surface area contributed by atoms with Crippen molar-refractivity contribution in [3.05, 3.63) is 26.7 Å². The van der Waals surface area contributed by atoms with Gasteiger partial charge in [0.15, 0.2) is 5.52 Å². The molecule has 2 rings (SSSR count). The Morgan fingerprint density at radius 1 is 1.12 bits per heavy atom. The molecule has 0 unspecified atom stereocenters. The highest BCUT2D eigenvalue weighted by atomic mass is 16.2. The molecule has 0 spiro atoms. The smallest absolute Gasteiger partial charge is 0.316 e. The second-order valence-corrected chi connectivity index (χ2v) is 4.00. The molecule has 2 aromatic rings. The minimum atomic E-state index is -0.360. The predicted octanol–water partition coefficient (Wildman–Crippen LogP) is -1.31. The largest absolute Gasteiger partial charge is 0.332 e. The third-order valence-electron chi connectivity index (χ3n) is 2.89. The number of hydrogen-bond acceptors (Lipinski definition) is 4. The molecule has 92 valence electrons. The minimum absolute atomic E-state index is 0.322. The first-order chi connectivity index (χ1) is 7.99. The van der Waals surface area contributed by atoms with Gasteiger partial charge in [0, 0.05) is 21.1 Å². The van der Waals surface area contributed by atoms with Crippen molar-refractivity contribution in [2.24, 2.45) is 21.1 Å². The normalized spacial score (nSPS) is 11.3. The molecular weight excluding hydrogens is 222 g/mol. The van der Waals surface area contributed by atoms with Crippen LogP contribution in [0.5, 0.6) is 0 Å². The molecule has 0 aliphatic carbocycles. The van der Waals surface area contributed by atoms with Crippen LogP contribution >= 0.6 is 0 Å². The van der Waals surface area contributed by atoms with E-state index in [2.05, 4.69) is 10.3 Å². The molecule has 0 aliphatic rings. The van der Waals surface area contributed by atoms with Crippen molar-refractivity contribution in [2.75, 3.05) is 7.05 Å². The van der Waals surface area contributed by atoms with Crippen molar-refractivity contribution in [3.8, 4) is 0 Å². The summed E-state index contributed by atoms with van der Waals surface area (Å²) in [7, 11) is 6.68. The number of rotatable bonds is 2.